The number of amides is 5. The maximum Gasteiger partial charge on any atom is 0.522 e. The Hall–Kier alpha value is -2.90. The molecule has 5 amide bonds. The summed E-state index contributed by atoms with van der Waals surface area (Å²) in [5.74, 6) is -3.43. The Morgan fingerprint density at radius 2 is 1.76 bits per heavy atom. The smallest absolute Gasteiger partial charge is 0.356 e. The van der Waals surface area contributed by atoms with Crippen LogP contribution in [0.5, 0.6) is 0 Å². The van der Waals surface area contributed by atoms with Gasteiger partial charge in [-0.1, -0.05) is 34.6 Å². The molecular formula is C27H40F3N5O6. The molecule has 2 heterocycles. The largest absolute Gasteiger partial charge is 0.522 e. The number of nitrogens with zero attached hydrogens (tertiary/aromatic N) is 1. The molecule has 4 rings (SSSR count). The quantitative estimate of drug-likeness (QED) is 0.305. The average Bonchev–Trinajstić information content (AvgIpc) is 3.61. The molecule has 0 unspecified atom stereocenters. The maximum atomic E-state index is 13.9. The van der Waals surface area contributed by atoms with Crippen molar-refractivity contribution in [3.05, 3.63) is 0 Å². The summed E-state index contributed by atoms with van der Waals surface area (Å²) in [7, 11) is 0. The third-order valence-corrected chi connectivity index (χ3v) is 8.83. The highest BCUT2D eigenvalue weighted by atomic mass is 19.4. The number of urea groups is 1. The van der Waals surface area contributed by atoms with Crippen molar-refractivity contribution < 1.29 is 41.9 Å². The summed E-state index contributed by atoms with van der Waals surface area (Å²) in [6.07, 6.45) is -3.14. The minimum Gasteiger partial charge on any atom is -0.356 e. The second kappa shape index (κ2) is 11.1. The third kappa shape index (κ3) is 7.12. The number of likely N-dealkylation sites (tertiary alicyclic amines) is 1. The Bertz CT molecular complexity index is 1090. The number of hydrogen-bond acceptors (Lipinski definition) is 6. The van der Waals surface area contributed by atoms with E-state index < -0.39 is 66.1 Å². The van der Waals surface area contributed by atoms with Gasteiger partial charge in [-0.05, 0) is 48.3 Å². The lowest BCUT2D eigenvalue weighted by molar-refractivity contribution is -0.321. The van der Waals surface area contributed by atoms with Gasteiger partial charge >= 0.3 is 12.4 Å². The minimum absolute atomic E-state index is 0.00793. The SMILES string of the molecule is CC(C)(C)[C@H](NC(=O)NC1CC1)C(=O)N1C[C@H]2[C@@H]([C@H]1C(=O)N[C@@H](C[C@@H]1CCNC1=O)C(=O)COC(F)(F)F)C2(C)C. The first-order chi connectivity index (χ1) is 18.9. The minimum atomic E-state index is -5.05. The number of rotatable bonds is 10. The van der Waals surface area contributed by atoms with Gasteiger partial charge in [0.1, 0.15) is 18.7 Å². The molecule has 11 nitrogen and oxygen atoms in total. The molecule has 230 valence electrons. The molecule has 4 aliphatic rings. The van der Waals surface area contributed by atoms with Gasteiger partial charge in [-0.25, -0.2) is 4.79 Å². The van der Waals surface area contributed by atoms with Crippen molar-refractivity contribution in [2.75, 3.05) is 19.7 Å². The van der Waals surface area contributed by atoms with Crippen LogP contribution in [0.15, 0.2) is 0 Å². The number of ketones is 1. The Balaban J connectivity index is 1.53. The molecule has 2 saturated heterocycles. The molecule has 4 fully saturated rings. The second-order valence-electron chi connectivity index (χ2n) is 13.4. The Morgan fingerprint density at radius 1 is 1.10 bits per heavy atom. The molecule has 0 bridgehead atoms. The molecule has 0 aromatic rings. The second-order valence-corrected chi connectivity index (χ2v) is 13.4. The summed E-state index contributed by atoms with van der Waals surface area (Å²) in [5.41, 5.74) is -0.985. The van der Waals surface area contributed by atoms with Gasteiger partial charge in [-0.2, -0.15) is 0 Å². The maximum absolute atomic E-state index is 13.9. The van der Waals surface area contributed by atoms with Crippen LogP contribution < -0.4 is 21.3 Å². The fourth-order valence-corrected chi connectivity index (χ4v) is 6.15. The highest BCUT2D eigenvalue weighted by Gasteiger charge is 2.70. The van der Waals surface area contributed by atoms with Gasteiger partial charge in [0.15, 0.2) is 5.78 Å². The van der Waals surface area contributed by atoms with E-state index in [1.807, 2.05) is 13.8 Å². The molecule has 0 aromatic heterocycles. The number of carbonyl (C=O) groups excluding carboxylic acids is 5. The fourth-order valence-electron chi connectivity index (χ4n) is 6.15. The van der Waals surface area contributed by atoms with Gasteiger partial charge < -0.3 is 26.2 Å². The molecule has 0 radical (unpaired) electrons. The molecule has 0 aromatic carbocycles. The van der Waals surface area contributed by atoms with E-state index in [0.29, 0.717) is 13.0 Å². The van der Waals surface area contributed by atoms with Crippen molar-refractivity contribution in [2.45, 2.75) is 90.8 Å². The highest BCUT2D eigenvalue weighted by molar-refractivity contribution is 5.96. The summed E-state index contributed by atoms with van der Waals surface area (Å²) in [5, 5.41) is 10.7. The molecular weight excluding hydrogens is 547 g/mol. The van der Waals surface area contributed by atoms with Gasteiger partial charge in [0.05, 0.1) is 6.04 Å². The van der Waals surface area contributed by atoms with E-state index >= 15 is 0 Å². The van der Waals surface area contributed by atoms with Crippen molar-refractivity contribution >= 4 is 29.5 Å². The lowest BCUT2D eigenvalue weighted by Gasteiger charge is -2.38. The Kier molecular flexibility index (Phi) is 8.38. The van der Waals surface area contributed by atoms with Crippen LogP contribution in [0.3, 0.4) is 0 Å². The summed E-state index contributed by atoms with van der Waals surface area (Å²) in [6.45, 7) is 8.62. The predicted molar refractivity (Wildman–Crippen MR) is 139 cm³/mol. The fraction of sp³-hybridized carbons (Fsp3) is 0.815. The zero-order chi connectivity index (χ0) is 30.5. The van der Waals surface area contributed by atoms with Crippen molar-refractivity contribution in [2.24, 2.45) is 28.6 Å². The van der Waals surface area contributed by atoms with Crippen molar-refractivity contribution in [3.8, 4) is 0 Å². The molecule has 2 aliphatic carbocycles. The molecule has 0 spiro atoms. The van der Waals surface area contributed by atoms with E-state index in [2.05, 4.69) is 26.0 Å². The number of fused-ring (bicyclic) bond motifs is 1. The third-order valence-electron chi connectivity index (χ3n) is 8.83. The Labute approximate surface area is 237 Å². The first-order valence-electron chi connectivity index (χ1n) is 14.1. The number of nitrogens with one attached hydrogen (secondary N) is 4. The lowest BCUT2D eigenvalue weighted by Crippen LogP contribution is -2.61. The van der Waals surface area contributed by atoms with Crippen LogP contribution in [0.2, 0.25) is 0 Å². The standard InChI is InChI=1S/C27H40F3N5O6/c1-25(2,3)20(34-24(40)32-14-6-7-14)23(39)35-11-15-18(26(15,4)5)19(35)22(38)33-16(10-13-8-9-31-21(13)37)17(36)12-41-27(28,29)30/h13-16,18-20H,6-12H2,1-5H3,(H,31,37)(H,33,38)(H2,32,34,40)/t13-,15-,16-,18-,19-,20+/m0/s1. The molecule has 2 saturated carbocycles. The van der Waals surface area contributed by atoms with Crippen molar-refractivity contribution in [1.82, 2.24) is 26.2 Å². The van der Waals surface area contributed by atoms with E-state index in [1.54, 1.807) is 20.8 Å². The molecule has 6 atom stereocenters. The molecule has 2 aliphatic heterocycles. The first-order valence-corrected chi connectivity index (χ1v) is 14.1. The number of alkyl halides is 3. The lowest BCUT2D eigenvalue weighted by atomic mass is 9.85. The number of Topliss-reactive ketones (excluding diaryl/α,β-unsaturated/α-hetero) is 1. The predicted octanol–water partition coefficient (Wildman–Crippen LogP) is 1.46. The van der Waals surface area contributed by atoms with Crippen LogP contribution in [0.4, 0.5) is 18.0 Å². The van der Waals surface area contributed by atoms with Gasteiger partial charge in [0.25, 0.3) is 0 Å². The summed E-state index contributed by atoms with van der Waals surface area (Å²) in [4.78, 5) is 66.7. The summed E-state index contributed by atoms with van der Waals surface area (Å²) < 4.78 is 41.7. The van der Waals surface area contributed by atoms with Crippen LogP contribution in [-0.2, 0) is 23.9 Å². The number of piperidine rings is 1. The van der Waals surface area contributed by atoms with E-state index in [0.717, 1.165) is 12.8 Å². The average molecular weight is 588 g/mol. The molecule has 14 heteroatoms. The van der Waals surface area contributed by atoms with E-state index in [-0.39, 0.29) is 42.2 Å². The van der Waals surface area contributed by atoms with Crippen LogP contribution >= 0.6 is 0 Å². The number of halogens is 3. The zero-order valence-electron chi connectivity index (χ0n) is 24.0. The van der Waals surface area contributed by atoms with E-state index in [4.69, 9.17) is 0 Å². The Morgan fingerprint density at radius 3 is 2.29 bits per heavy atom. The van der Waals surface area contributed by atoms with Crippen LogP contribution in [0.1, 0.15) is 60.3 Å². The normalized spacial score (nSPS) is 28.3. The topological polar surface area (TPSA) is 146 Å². The van der Waals surface area contributed by atoms with Crippen molar-refractivity contribution in [1.29, 1.82) is 0 Å². The number of hydrogen-bond donors (Lipinski definition) is 4. The van der Waals surface area contributed by atoms with Gasteiger partial charge in [-0.3, -0.25) is 23.9 Å². The van der Waals surface area contributed by atoms with Crippen molar-refractivity contribution in [3.63, 3.8) is 0 Å². The zero-order valence-corrected chi connectivity index (χ0v) is 24.0. The molecule has 41 heavy (non-hydrogen) atoms. The van der Waals surface area contributed by atoms with E-state index in [1.165, 1.54) is 4.90 Å². The van der Waals surface area contributed by atoms with Gasteiger partial charge in [-0.15, -0.1) is 13.2 Å². The number of ether oxygens (including phenoxy) is 1. The van der Waals surface area contributed by atoms with Crippen LogP contribution in [0, 0.1) is 28.6 Å². The summed E-state index contributed by atoms with van der Waals surface area (Å²) >= 11 is 0. The van der Waals surface area contributed by atoms with Gasteiger partial charge in [0, 0.05) is 25.0 Å². The molecule has 4 N–H and O–H groups in total. The first kappa shape index (κ1) is 31.0. The highest BCUT2D eigenvalue weighted by Crippen LogP contribution is 2.65. The van der Waals surface area contributed by atoms with Gasteiger partial charge in [0.2, 0.25) is 17.7 Å². The van der Waals surface area contributed by atoms with Crippen LogP contribution in [-0.4, -0.2) is 84.7 Å². The summed E-state index contributed by atoms with van der Waals surface area (Å²) in [6, 6.07) is -3.79. The monoisotopic (exact) mass is 587 g/mol. The van der Waals surface area contributed by atoms with E-state index in [9.17, 15) is 37.1 Å². The van der Waals surface area contributed by atoms with Crippen LogP contribution in [0.25, 0.3) is 0 Å². The number of carbonyl (C=O) groups is 5.